The van der Waals surface area contributed by atoms with Crippen molar-refractivity contribution in [1.82, 2.24) is 0 Å². The van der Waals surface area contributed by atoms with Gasteiger partial charge in [0.05, 0.1) is 34.6 Å². The largest absolute Gasteiger partial charge is 0.488 e. The number of hydrogen-bond acceptors (Lipinski definition) is 8. The van der Waals surface area contributed by atoms with Crippen LogP contribution < -0.4 is 9.47 Å². The average molecular weight is 939 g/mol. The van der Waals surface area contributed by atoms with Crippen LogP contribution in [0.15, 0.2) is 48.0 Å². The molecule has 0 saturated carbocycles. The summed E-state index contributed by atoms with van der Waals surface area (Å²) in [7, 11) is -4.55. The molecule has 1 aliphatic heterocycles. The van der Waals surface area contributed by atoms with Crippen molar-refractivity contribution in [2.45, 2.75) is 182 Å². The Hall–Kier alpha value is -1.75. The summed E-state index contributed by atoms with van der Waals surface area (Å²) in [6.07, 6.45) is 3.33. The summed E-state index contributed by atoms with van der Waals surface area (Å²) in [6.45, 7) is 33.8. The predicted molar refractivity (Wildman–Crippen MR) is 246 cm³/mol. The van der Waals surface area contributed by atoms with E-state index in [1.165, 1.54) is 0 Å². The van der Waals surface area contributed by atoms with Gasteiger partial charge in [0, 0.05) is 6.42 Å². The van der Waals surface area contributed by atoms with Gasteiger partial charge in [0.1, 0.15) is 30.8 Å². The van der Waals surface area contributed by atoms with Crippen LogP contribution in [0.1, 0.15) is 119 Å². The van der Waals surface area contributed by atoms with Gasteiger partial charge in [-0.2, -0.15) is 0 Å². The van der Waals surface area contributed by atoms with Crippen LogP contribution in [-0.4, -0.2) is 64.8 Å². The highest BCUT2D eigenvalue weighted by Crippen LogP contribution is 2.49. The van der Waals surface area contributed by atoms with Gasteiger partial charge in [-0.15, -0.1) is 0 Å². The smallest absolute Gasteiger partial charge is 0.343 e. The molecule has 57 heavy (non-hydrogen) atoms. The van der Waals surface area contributed by atoms with Crippen molar-refractivity contribution in [3.05, 3.63) is 68.3 Å². The van der Waals surface area contributed by atoms with E-state index in [0.717, 1.165) is 50.2 Å². The minimum atomic E-state index is -2.40. The second-order valence-electron chi connectivity index (χ2n) is 19.1. The lowest BCUT2D eigenvalue weighted by atomic mass is 9.89. The molecule has 8 nitrogen and oxygen atoms in total. The summed E-state index contributed by atoms with van der Waals surface area (Å²) < 4.78 is 40.1. The van der Waals surface area contributed by atoms with E-state index in [-0.39, 0.29) is 35.8 Å². The molecular weight excluding hydrogens is 864 g/mol. The van der Waals surface area contributed by atoms with Crippen molar-refractivity contribution in [3.8, 4) is 11.5 Å². The van der Waals surface area contributed by atoms with Gasteiger partial charge in [-0.25, -0.2) is 4.79 Å². The number of esters is 1. The van der Waals surface area contributed by atoms with Gasteiger partial charge >= 0.3 is 5.97 Å². The molecule has 1 aliphatic rings. The summed E-state index contributed by atoms with van der Waals surface area (Å²) in [4.78, 5) is 13.6. The van der Waals surface area contributed by atoms with Crippen molar-refractivity contribution >= 4 is 45.2 Å². The third-order valence-corrected chi connectivity index (χ3v) is 21.8. The second-order valence-corrected chi connectivity index (χ2v) is 29.8. The van der Waals surface area contributed by atoms with E-state index in [9.17, 15) is 9.90 Å². The number of benzene rings is 2. The zero-order valence-electron chi connectivity index (χ0n) is 37.9. The van der Waals surface area contributed by atoms with Crippen LogP contribution in [0, 0.1) is 9.49 Å². The first kappa shape index (κ1) is 49.6. The third-order valence-electron chi connectivity index (χ3n) is 12.0. The Kier molecular flexibility index (Phi) is 18.0. The number of carbonyl (C=O) groups excluding carboxylic acids is 1. The van der Waals surface area contributed by atoms with Crippen LogP contribution in [0.3, 0.4) is 0 Å². The normalized spacial score (nSPS) is 19.1. The van der Waals surface area contributed by atoms with Crippen molar-refractivity contribution in [3.63, 3.8) is 0 Å². The molecule has 322 valence electrons. The number of rotatable bonds is 22. The molecule has 2 aromatic rings. The molecule has 3 rings (SSSR count). The SMILES string of the molecule is CCC/C(=C\COc1c(I)cc(CC(C)C)c(OCc2ccccc2)c1CO[Si](C)(C)C(C)(C)C)C(O)C[C@@H](O[Si](C)(C)C(C)(C)C)[C@]1(C(=O)OCC)O[C@@H]1CC. The Morgan fingerprint density at radius 1 is 0.947 bits per heavy atom. The molecule has 1 unspecified atom stereocenters. The zero-order chi connectivity index (χ0) is 43.0. The fourth-order valence-electron chi connectivity index (χ4n) is 6.53. The standard InChI is InChI=1S/C46H75IO8Si2/c1-16-22-34(38(48)29-40(55-57(14,15)45(9,10)11)46(39(17-2)54-46)43(49)50-18-3)25-26-51-42-36(31-53-56(12,13)44(6,7)8)41(35(27-32(4)5)28-37(42)47)52-30-33-23-20-19-21-24-33/h19-21,23-25,28,32,38-40,48H,16-18,22,26-27,29-31H2,1-15H3/b34-25+/t38?,39-,40-,46-/m1/s1. The summed E-state index contributed by atoms with van der Waals surface area (Å²) in [5.41, 5.74) is 2.76. The first-order valence-electron chi connectivity index (χ1n) is 21.1. The fraction of sp³-hybridized carbons (Fsp3) is 0.674. The van der Waals surface area contributed by atoms with Gasteiger partial charge in [0.2, 0.25) is 5.60 Å². The number of aliphatic hydroxyl groups excluding tert-OH is 1. The lowest BCUT2D eigenvalue weighted by Gasteiger charge is -2.41. The molecule has 0 aliphatic carbocycles. The lowest BCUT2D eigenvalue weighted by Crippen LogP contribution is -2.53. The minimum absolute atomic E-state index is 0.0242. The minimum Gasteiger partial charge on any atom is -0.488 e. The highest BCUT2D eigenvalue weighted by Gasteiger charge is 2.69. The molecular formula is C46H75IO8Si2. The van der Waals surface area contributed by atoms with Crippen LogP contribution in [0.4, 0.5) is 0 Å². The van der Waals surface area contributed by atoms with Gasteiger partial charge in [-0.05, 0) is 120 Å². The van der Waals surface area contributed by atoms with E-state index in [4.69, 9.17) is 27.8 Å². The van der Waals surface area contributed by atoms with E-state index in [1.54, 1.807) is 6.92 Å². The second kappa shape index (κ2) is 20.7. The van der Waals surface area contributed by atoms with Crippen LogP contribution in [0.25, 0.3) is 0 Å². The van der Waals surface area contributed by atoms with Crippen LogP contribution in [0.5, 0.6) is 11.5 Å². The molecule has 1 heterocycles. The van der Waals surface area contributed by atoms with Crippen LogP contribution in [0.2, 0.25) is 36.3 Å². The van der Waals surface area contributed by atoms with Gasteiger partial charge in [-0.3, -0.25) is 0 Å². The molecule has 2 aromatic carbocycles. The highest BCUT2D eigenvalue weighted by molar-refractivity contribution is 14.1. The quantitative estimate of drug-likeness (QED) is 0.0410. The molecule has 0 aromatic heterocycles. The summed E-state index contributed by atoms with van der Waals surface area (Å²) in [6, 6.07) is 12.4. The Balaban J connectivity index is 2.05. The third kappa shape index (κ3) is 12.9. The van der Waals surface area contributed by atoms with E-state index >= 15 is 0 Å². The molecule has 1 fully saturated rings. The van der Waals surface area contributed by atoms with E-state index < -0.39 is 40.4 Å². The summed E-state index contributed by atoms with van der Waals surface area (Å²) in [5, 5.41) is 11.9. The van der Waals surface area contributed by atoms with Crippen molar-refractivity contribution < 1.29 is 37.7 Å². The monoisotopic (exact) mass is 938 g/mol. The topological polar surface area (TPSA) is 96.0 Å². The van der Waals surface area contributed by atoms with Gasteiger partial charge in [0.25, 0.3) is 0 Å². The Morgan fingerprint density at radius 2 is 1.58 bits per heavy atom. The van der Waals surface area contributed by atoms with Gasteiger partial charge < -0.3 is 32.9 Å². The maximum Gasteiger partial charge on any atom is 0.343 e. The number of aliphatic hydroxyl groups is 1. The molecule has 0 spiro atoms. The Morgan fingerprint density at radius 3 is 2.11 bits per heavy atom. The van der Waals surface area contributed by atoms with E-state index in [1.807, 2.05) is 31.2 Å². The molecule has 0 amide bonds. The highest BCUT2D eigenvalue weighted by atomic mass is 127. The molecule has 0 bridgehead atoms. The average Bonchev–Trinajstić information content (AvgIpc) is 3.86. The molecule has 4 atom stereocenters. The molecule has 0 radical (unpaired) electrons. The van der Waals surface area contributed by atoms with Crippen molar-refractivity contribution in [1.29, 1.82) is 0 Å². The first-order valence-corrected chi connectivity index (χ1v) is 28.0. The molecule has 1 saturated heterocycles. The Labute approximate surface area is 361 Å². The first-order chi connectivity index (χ1) is 26.4. The van der Waals surface area contributed by atoms with Gasteiger partial charge in [-0.1, -0.05) is 106 Å². The molecule has 11 heteroatoms. The van der Waals surface area contributed by atoms with Crippen molar-refractivity contribution in [2.24, 2.45) is 5.92 Å². The lowest BCUT2D eigenvalue weighted by molar-refractivity contribution is -0.154. The van der Waals surface area contributed by atoms with E-state index in [2.05, 4.69) is 129 Å². The fourth-order valence-corrected chi connectivity index (χ4v) is 9.66. The number of carbonyl (C=O) groups is 1. The van der Waals surface area contributed by atoms with Crippen LogP contribution in [-0.2, 0) is 42.8 Å². The summed E-state index contributed by atoms with van der Waals surface area (Å²) in [5.74, 6) is 1.57. The maximum absolute atomic E-state index is 13.6. The Bertz CT molecular complexity index is 1630. The zero-order valence-corrected chi connectivity index (χ0v) is 42.1. The number of hydrogen-bond donors (Lipinski definition) is 1. The van der Waals surface area contributed by atoms with Crippen molar-refractivity contribution in [2.75, 3.05) is 13.2 Å². The van der Waals surface area contributed by atoms with Crippen LogP contribution >= 0.6 is 22.6 Å². The van der Waals surface area contributed by atoms with Gasteiger partial charge in [0.15, 0.2) is 16.6 Å². The van der Waals surface area contributed by atoms with E-state index in [0.29, 0.717) is 32.0 Å². The summed E-state index contributed by atoms with van der Waals surface area (Å²) >= 11 is 2.38. The number of epoxide rings is 1. The number of halogens is 1. The predicted octanol–water partition coefficient (Wildman–Crippen LogP) is 11.9. The molecule has 1 N–H and O–H groups in total. The number of ether oxygens (including phenoxy) is 4. The maximum atomic E-state index is 13.6.